The van der Waals surface area contributed by atoms with Gasteiger partial charge in [0.15, 0.2) is 22.8 Å². The number of hydrogen-bond donors (Lipinski definition) is 1. The molecule has 0 unspecified atom stereocenters. The quantitative estimate of drug-likeness (QED) is 0.372. The predicted molar refractivity (Wildman–Crippen MR) is 114 cm³/mol. The van der Waals surface area contributed by atoms with E-state index in [1.54, 1.807) is 0 Å². The van der Waals surface area contributed by atoms with Gasteiger partial charge in [-0.1, -0.05) is 6.07 Å². The van der Waals surface area contributed by atoms with Crippen LogP contribution in [0.4, 0.5) is 32.0 Å². The summed E-state index contributed by atoms with van der Waals surface area (Å²) in [5.41, 5.74) is -3.06. The number of nitrogens with one attached hydrogen (secondary N) is 1. The summed E-state index contributed by atoms with van der Waals surface area (Å²) in [7, 11) is 0. The van der Waals surface area contributed by atoms with Crippen molar-refractivity contribution in [3.8, 4) is 22.8 Å². The second-order valence-electron chi connectivity index (χ2n) is 7.71. The van der Waals surface area contributed by atoms with Gasteiger partial charge in [0.25, 0.3) is 5.91 Å². The molecule has 36 heavy (non-hydrogen) atoms. The molecule has 0 aliphatic carbocycles. The molecule has 0 atom stereocenters. The van der Waals surface area contributed by atoms with Gasteiger partial charge in [-0.25, -0.2) is 9.50 Å². The molecule has 1 N–H and O–H groups in total. The minimum atomic E-state index is -4.86. The molecule has 5 rings (SSSR count). The summed E-state index contributed by atoms with van der Waals surface area (Å²) in [4.78, 5) is 17.1. The van der Waals surface area contributed by atoms with Crippen molar-refractivity contribution in [2.75, 3.05) is 18.5 Å². The van der Waals surface area contributed by atoms with Gasteiger partial charge < -0.3 is 14.8 Å². The van der Waals surface area contributed by atoms with Crippen molar-refractivity contribution >= 4 is 17.2 Å². The number of fused-ring (bicyclic) bond motifs is 2. The highest BCUT2D eigenvalue weighted by atomic mass is 19.4. The van der Waals surface area contributed by atoms with Gasteiger partial charge in [0.2, 0.25) is 0 Å². The van der Waals surface area contributed by atoms with E-state index in [4.69, 9.17) is 9.47 Å². The van der Waals surface area contributed by atoms with Crippen LogP contribution in [0.1, 0.15) is 21.6 Å². The first-order valence-electron chi connectivity index (χ1n) is 10.4. The van der Waals surface area contributed by atoms with Crippen LogP contribution >= 0.6 is 0 Å². The van der Waals surface area contributed by atoms with E-state index in [2.05, 4.69) is 15.4 Å². The number of hydrogen-bond acceptors (Lipinski definition) is 5. The first-order valence-corrected chi connectivity index (χ1v) is 10.4. The first kappa shape index (κ1) is 23.5. The second-order valence-corrected chi connectivity index (χ2v) is 7.71. The molecular weight excluding hydrogens is 494 g/mol. The molecule has 0 bridgehead atoms. The number of carbonyl (C=O) groups is 1. The zero-order valence-corrected chi connectivity index (χ0v) is 17.9. The maximum absolute atomic E-state index is 13.9. The van der Waals surface area contributed by atoms with Crippen LogP contribution in [0.15, 0.2) is 54.7 Å². The van der Waals surface area contributed by atoms with Crippen molar-refractivity contribution in [3.05, 3.63) is 71.5 Å². The van der Waals surface area contributed by atoms with Crippen LogP contribution in [0.3, 0.4) is 0 Å². The summed E-state index contributed by atoms with van der Waals surface area (Å²) in [5, 5.41) is 5.92. The summed E-state index contributed by atoms with van der Waals surface area (Å²) >= 11 is 0. The lowest BCUT2D eigenvalue weighted by Gasteiger charge is -2.19. The van der Waals surface area contributed by atoms with Gasteiger partial charge in [-0.2, -0.15) is 31.4 Å². The Hall–Kier alpha value is -4.29. The molecule has 3 heterocycles. The Morgan fingerprint density at radius 2 is 1.67 bits per heavy atom. The average Bonchev–Trinajstić information content (AvgIpc) is 3.26. The zero-order valence-electron chi connectivity index (χ0n) is 17.9. The molecule has 7 nitrogen and oxygen atoms in total. The van der Waals surface area contributed by atoms with Crippen molar-refractivity contribution in [2.24, 2.45) is 0 Å². The van der Waals surface area contributed by atoms with E-state index in [0.29, 0.717) is 28.7 Å². The molecular formula is C23H14F6N4O3. The molecule has 0 saturated heterocycles. The molecule has 1 aliphatic heterocycles. The van der Waals surface area contributed by atoms with Gasteiger partial charge in [0.1, 0.15) is 18.8 Å². The molecule has 1 aliphatic rings. The van der Waals surface area contributed by atoms with Gasteiger partial charge in [-0.15, -0.1) is 0 Å². The van der Waals surface area contributed by atoms with E-state index in [1.165, 1.54) is 24.3 Å². The number of benzene rings is 2. The number of alkyl halides is 6. The third kappa shape index (κ3) is 4.39. The highest BCUT2D eigenvalue weighted by Crippen LogP contribution is 2.37. The normalized spacial score (nSPS) is 13.6. The Morgan fingerprint density at radius 3 is 2.39 bits per heavy atom. The topological polar surface area (TPSA) is 77.8 Å². The number of aromatic nitrogens is 3. The average molecular weight is 508 g/mol. The molecule has 0 fully saturated rings. The van der Waals surface area contributed by atoms with Gasteiger partial charge in [0.05, 0.1) is 17.5 Å². The highest BCUT2D eigenvalue weighted by Gasteiger charge is 2.36. The van der Waals surface area contributed by atoms with Crippen molar-refractivity contribution in [1.82, 2.24) is 14.6 Å². The van der Waals surface area contributed by atoms with Gasteiger partial charge >= 0.3 is 12.4 Å². The summed E-state index contributed by atoms with van der Waals surface area (Å²) in [6, 6.07) is 9.10. The lowest BCUT2D eigenvalue weighted by molar-refractivity contribution is -0.142. The molecule has 2 aromatic heterocycles. The summed E-state index contributed by atoms with van der Waals surface area (Å²) in [6.45, 7) is 0.591. The third-order valence-corrected chi connectivity index (χ3v) is 5.29. The third-order valence-electron chi connectivity index (χ3n) is 5.29. The maximum Gasteiger partial charge on any atom is 0.433 e. The molecule has 0 radical (unpaired) electrons. The van der Waals surface area contributed by atoms with Crippen molar-refractivity contribution in [3.63, 3.8) is 0 Å². The number of carbonyl (C=O) groups excluding carboxylic acids is 1. The molecule has 2 aromatic carbocycles. The van der Waals surface area contributed by atoms with Gasteiger partial charge in [-0.05, 0) is 42.5 Å². The smallest absolute Gasteiger partial charge is 0.433 e. The standard InChI is InChI=1S/C23H14F6N4O3/c24-22(25,26)13-2-1-3-14(9-13)31-21(34)15-11-30-33-19(23(27,28)29)10-16(32-20(15)33)12-4-5-17-18(8-12)36-7-6-35-17/h1-5,8-11H,6-7H2,(H,31,34). The monoisotopic (exact) mass is 508 g/mol. The van der Waals surface area contributed by atoms with E-state index in [1.807, 2.05) is 0 Å². The summed E-state index contributed by atoms with van der Waals surface area (Å²) < 4.78 is 91.9. The fraction of sp³-hybridized carbons (Fsp3) is 0.174. The number of halogens is 6. The number of nitrogens with zero attached hydrogens (tertiary/aromatic N) is 3. The molecule has 0 spiro atoms. The Balaban J connectivity index is 1.58. The Kier molecular flexibility index (Phi) is 5.49. The molecule has 4 aromatic rings. The molecule has 13 heteroatoms. The fourth-order valence-electron chi connectivity index (χ4n) is 3.65. The van der Waals surface area contributed by atoms with Crippen molar-refractivity contribution in [1.29, 1.82) is 0 Å². The molecule has 1 amide bonds. The molecule has 0 saturated carbocycles. The van der Waals surface area contributed by atoms with Crippen LogP contribution in [0, 0.1) is 0 Å². The minimum absolute atomic E-state index is 0.125. The maximum atomic E-state index is 13.9. The molecule has 186 valence electrons. The SMILES string of the molecule is O=C(Nc1cccc(C(F)(F)F)c1)c1cnn2c(C(F)(F)F)cc(-c3ccc4c(c3)OCCO4)nc12. The number of ether oxygens (including phenoxy) is 2. The van der Waals surface area contributed by atoms with Crippen LogP contribution in [0.25, 0.3) is 16.9 Å². The fourth-order valence-corrected chi connectivity index (χ4v) is 3.65. The lowest BCUT2D eigenvalue weighted by atomic mass is 10.1. The lowest BCUT2D eigenvalue weighted by Crippen LogP contribution is -2.16. The second kappa shape index (κ2) is 8.43. The highest BCUT2D eigenvalue weighted by molar-refractivity contribution is 6.08. The zero-order chi connectivity index (χ0) is 25.7. The summed E-state index contributed by atoms with van der Waals surface area (Å²) in [5.74, 6) is -0.234. The number of rotatable bonds is 3. The van der Waals surface area contributed by atoms with Crippen LogP contribution in [-0.2, 0) is 12.4 Å². The van der Waals surface area contributed by atoms with Crippen LogP contribution in [0.5, 0.6) is 11.5 Å². The number of anilines is 1. The van der Waals surface area contributed by atoms with Gasteiger partial charge in [0, 0.05) is 11.3 Å². The van der Waals surface area contributed by atoms with Crippen molar-refractivity contribution in [2.45, 2.75) is 12.4 Å². The number of amides is 1. The van der Waals surface area contributed by atoms with E-state index in [-0.39, 0.29) is 29.1 Å². The Bertz CT molecular complexity index is 1480. The largest absolute Gasteiger partial charge is 0.486 e. The Labute approximate surface area is 198 Å². The van der Waals surface area contributed by atoms with Crippen molar-refractivity contribution < 1.29 is 40.6 Å². The minimum Gasteiger partial charge on any atom is -0.486 e. The van der Waals surface area contributed by atoms with E-state index >= 15 is 0 Å². The van der Waals surface area contributed by atoms with Crippen LogP contribution < -0.4 is 14.8 Å². The summed E-state index contributed by atoms with van der Waals surface area (Å²) in [6.07, 6.45) is -8.63. The first-order chi connectivity index (χ1) is 17.0. The predicted octanol–water partition coefficient (Wildman–Crippen LogP) is 5.46. The Morgan fingerprint density at radius 1 is 0.917 bits per heavy atom. The van der Waals surface area contributed by atoms with E-state index in [0.717, 1.165) is 24.4 Å². The van der Waals surface area contributed by atoms with E-state index in [9.17, 15) is 31.1 Å². The van der Waals surface area contributed by atoms with E-state index < -0.39 is 35.2 Å². The van der Waals surface area contributed by atoms with Crippen LogP contribution in [0.2, 0.25) is 0 Å². The van der Waals surface area contributed by atoms with Gasteiger partial charge in [-0.3, -0.25) is 4.79 Å². The van der Waals surface area contributed by atoms with Crippen LogP contribution in [-0.4, -0.2) is 33.7 Å².